The molecule has 128 valence electrons. The highest BCUT2D eigenvalue weighted by Crippen LogP contribution is 2.28. The molecule has 5 heteroatoms. The quantitative estimate of drug-likeness (QED) is 0.460. The minimum atomic E-state index is 0.127. The maximum Gasteiger partial charge on any atom is 0.227 e. The lowest BCUT2D eigenvalue weighted by Crippen LogP contribution is -1.82. The lowest BCUT2D eigenvalue weighted by Gasteiger charge is -1.99. The van der Waals surface area contributed by atoms with Crippen molar-refractivity contribution in [2.45, 2.75) is 6.92 Å². The molecule has 0 spiro atoms. The number of benzene rings is 3. The number of aliphatic imine (C=N–C) groups is 1. The number of aryl methyl sites for hydroxylation is 1. The Morgan fingerprint density at radius 2 is 1.85 bits per heavy atom. The number of rotatable bonds is 3. The van der Waals surface area contributed by atoms with E-state index in [4.69, 9.17) is 16.0 Å². The van der Waals surface area contributed by atoms with Gasteiger partial charge >= 0.3 is 0 Å². The zero-order valence-electron chi connectivity index (χ0n) is 14.0. The van der Waals surface area contributed by atoms with Crippen LogP contribution < -0.4 is 0 Å². The molecule has 0 unspecified atom stereocenters. The summed E-state index contributed by atoms with van der Waals surface area (Å²) < 4.78 is 5.83. The van der Waals surface area contributed by atoms with Crippen LogP contribution >= 0.6 is 11.6 Å². The van der Waals surface area contributed by atoms with Gasteiger partial charge in [0, 0.05) is 22.4 Å². The van der Waals surface area contributed by atoms with E-state index < -0.39 is 0 Å². The molecule has 1 heterocycles. The first-order valence-electron chi connectivity index (χ1n) is 8.09. The number of aromatic hydroxyl groups is 1. The van der Waals surface area contributed by atoms with Gasteiger partial charge < -0.3 is 9.52 Å². The molecule has 0 radical (unpaired) electrons. The molecule has 1 N–H and O–H groups in total. The molecule has 0 atom stereocenters. The maximum atomic E-state index is 9.86. The third kappa shape index (κ3) is 3.32. The van der Waals surface area contributed by atoms with Crippen molar-refractivity contribution in [2.75, 3.05) is 0 Å². The Bertz CT molecular complexity index is 1110. The lowest BCUT2D eigenvalue weighted by atomic mass is 10.1. The monoisotopic (exact) mass is 362 g/mol. The van der Waals surface area contributed by atoms with Gasteiger partial charge in [-0.05, 0) is 55.5 Å². The van der Waals surface area contributed by atoms with Crippen molar-refractivity contribution in [3.8, 4) is 17.2 Å². The molecule has 3 aromatic carbocycles. The second-order valence-corrected chi connectivity index (χ2v) is 6.43. The molecule has 1 aromatic heterocycles. The highest BCUT2D eigenvalue weighted by Gasteiger charge is 2.08. The van der Waals surface area contributed by atoms with Gasteiger partial charge in [-0.3, -0.25) is 4.99 Å². The largest absolute Gasteiger partial charge is 0.507 e. The van der Waals surface area contributed by atoms with Crippen molar-refractivity contribution in [2.24, 2.45) is 4.99 Å². The summed E-state index contributed by atoms with van der Waals surface area (Å²) in [5.41, 5.74) is 4.81. The molecule has 0 saturated heterocycles. The van der Waals surface area contributed by atoms with E-state index >= 15 is 0 Å². The van der Waals surface area contributed by atoms with Gasteiger partial charge in [-0.1, -0.05) is 29.3 Å². The van der Waals surface area contributed by atoms with Gasteiger partial charge in [0.15, 0.2) is 5.58 Å². The van der Waals surface area contributed by atoms with Crippen molar-refractivity contribution in [1.82, 2.24) is 4.98 Å². The van der Waals surface area contributed by atoms with Crippen LogP contribution in [0.2, 0.25) is 5.02 Å². The molecule has 0 bridgehead atoms. The van der Waals surface area contributed by atoms with Crippen LogP contribution in [0.15, 0.2) is 70.1 Å². The number of hydrogen-bond acceptors (Lipinski definition) is 4. The van der Waals surface area contributed by atoms with Crippen molar-refractivity contribution in [1.29, 1.82) is 0 Å². The van der Waals surface area contributed by atoms with Crippen LogP contribution in [0.3, 0.4) is 0 Å². The van der Waals surface area contributed by atoms with Crippen molar-refractivity contribution in [3.63, 3.8) is 0 Å². The van der Waals surface area contributed by atoms with Crippen LogP contribution in [0.25, 0.3) is 22.6 Å². The molecule has 4 rings (SSSR count). The Balaban J connectivity index is 1.66. The van der Waals surface area contributed by atoms with E-state index in [-0.39, 0.29) is 5.75 Å². The lowest BCUT2D eigenvalue weighted by molar-refractivity contribution is 0.474. The normalized spacial score (nSPS) is 11.5. The highest BCUT2D eigenvalue weighted by atomic mass is 35.5. The van der Waals surface area contributed by atoms with Crippen LogP contribution in [-0.4, -0.2) is 16.3 Å². The van der Waals surface area contributed by atoms with Crippen molar-refractivity contribution < 1.29 is 9.52 Å². The Labute approximate surface area is 155 Å². The fourth-order valence-electron chi connectivity index (χ4n) is 2.59. The van der Waals surface area contributed by atoms with Crippen LogP contribution in [0.5, 0.6) is 5.75 Å². The number of phenols is 1. The smallest absolute Gasteiger partial charge is 0.227 e. The first kappa shape index (κ1) is 16.4. The number of oxazole rings is 1. The van der Waals surface area contributed by atoms with Gasteiger partial charge in [-0.15, -0.1) is 0 Å². The van der Waals surface area contributed by atoms with E-state index in [2.05, 4.69) is 9.98 Å². The average Bonchev–Trinajstić information content (AvgIpc) is 3.06. The van der Waals surface area contributed by atoms with Crippen LogP contribution in [-0.2, 0) is 0 Å². The summed E-state index contributed by atoms with van der Waals surface area (Å²) in [6.45, 7) is 2.04. The Kier molecular flexibility index (Phi) is 4.19. The topological polar surface area (TPSA) is 58.6 Å². The fourth-order valence-corrected chi connectivity index (χ4v) is 2.77. The van der Waals surface area contributed by atoms with Crippen LogP contribution in [0, 0.1) is 6.92 Å². The number of aromatic nitrogens is 1. The molecular weight excluding hydrogens is 348 g/mol. The molecule has 0 amide bonds. The number of halogens is 1. The Morgan fingerprint density at radius 1 is 1.04 bits per heavy atom. The minimum Gasteiger partial charge on any atom is -0.507 e. The summed E-state index contributed by atoms with van der Waals surface area (Å²) in [4.78, 5) is 8.95. The van der Waals surface area contributed by atoms with E-state index in [1.807, 2.05) is 49.4 Å². The number of phenolic OH excluding ortho intramolecular Hbond substituents is 1. The summed E-state index contributed by atoms with van der Waals surface area (Å²) in [7, 11) is 0. The van der Waals surface area contributed by atoms with Gasteiger partial charge in [0.1, 0.15) is 11.3 Å². The van der Waals surface area contributed by atoms with Gasteiger partial charge in [-0.25, -0.2) is 4.98 Å². The number of hydrogen-bond donors (Lipinski definition) is 1. The molecule has 4 nitrogen and oxygen atoms in total. The van der Waals surface area contributed by atoms with Gasteiger partial charge in [-0.2, -0.15) is 0 Å². The molecule has 0 aliphatic heterocycles. The Morgan fingerprint density at radius 3 is 2.65 bits per heavy atom. The van der Waals surface area contributed by atoms with Crippen molar-refractivity contribution >= 4 is 34.6 Å². The molecule has 0 saturated carbocycles. The molecule has 0 fully saturated rings. The second kappa shape index (κ2) is 6.65. The summed E-state index contributed by atoms with van der Waals surface area (Å²) in [5.74, 6) is 0.705. The average molecular weight is 363 g/mol. The molecular formula is C21H15ClN2O2. The summed E-state index contributed by atoms with van der Waals surface area (Å²) in [6.07, 6.45) is 1.57. The molecule has 0 aliphatic carbocycles. The first-order valence-corrected chi connectivity index (χ1v) is 8.46. The van der Waals surface area contributed by atoms with E-state index in [0.29, 0.717) is 27.7 Å². The molecule has 26 heavy (non-hydrogen) atoms. The second-order valence-electron chi connectivity index (χ2n) is 6.00. The zero-order valence-corrected chi connectivity index (χ0v) is 14.7. The number of nitrogens with zero attached hydrogens (tertiary/aromatic N) is 2. The first-order chi connectivity index (χ1) is 12.6. The highest BCUT2D eigenvalue weighted by molar-refractivity contribution is 6.30. The summed E-state index contributed by atoms with van der Waals surface area (Å²) in [6, 6.07) is 18.4. The van der Waals surface area contributed by atoms with Gasteiger partial charge in [0.2, 0.25) is 5.89 Å². The van der Waals surface area contributed by atoms with E-state index in [0.717, 1.165) is 11.1 Å². The predicted octanol–water partition coefficient (Wildman–Crippen LogP) is 5.91. The van der Waals surface area contributed by atoms with Crippen LogP contribution in [0.1, 0.15) is 11.1 Å². The SMILES string of the molecule is Cc1ccc(-c2nc3cc(N=Cc4cc(Cl)ccc4O)ccc3o2)cc1. The van der Waals surface area contributed by atoms with Gasteiger partial charge in [0.05, 0.1) is 5.69 Å². The third-order valence-corrected chi connectivity index (χ3v) is 4.25. The van der Waals surface area contributed by atoms with E-state index in [9.17, 15) is 5.11 Å². The summed E-state index contributed by atoms with van der Waals surface area (Å²) in [5, 5.41) is 10.4. The van der Waals surface area contributed by atoms with Crippen LogP contribution in [0.4, 0.5) is 5.69 Å². The van der Waals surface area contributed by atoms with E-state index in [1.54, 1.807) is 24.4 Å². The minimum absolute atomic E-state index is 0.127. The predicted molar refractivity (Wildman–Crippen MR) is 105 cm³/mol. The summed E-state index contributed by atoms with van der Waals surface area (Å²) >= 11 is 5.95. The fraction of sp³-hybridized carbons (Fsp3) is 0.0476. The maximum absolute atomic E-state index is 9.86. The standard InChI is InChI=1S/C21H15ClN2O2/c1-13-2-4-14(5-3-13)21-24-18-11-17(7-9-20(18)26-21)23-12-15-10-16(22)6-8-19(15)25/h2-12,25H,1H3. The van der Waals surface area contributed by atoms with Crippen molar-refractivity contribution in [3.05, 3.63) is 76.8 Å². The Hall–Kier alpha value is -3.11. The zero-order chi connectivity index (χ0) is 18.1. The van der Waals surface area contributed by atoms with E-state index in [1.165, 1.54) is 5.56 Å². The van der Waals surface area contributed by atoms with Gasteiger partial charge in [0.25, 0.3) is 0 Å². The molecule has 0 aliphatic rings. The number of fused-ring (bicyclic) bond motifs is 1. The molecule has 4 aromatic rings. The third-order valence-electron chi connectivity index (χ3n) is 4.01.